The number of phenolic OH excluding ortho intramolecular Hbond substituents is 1. The number of nitrogens with one attached hydrogen (secondary N) is 1. The number of alkyl halides is 3. The van der Waals surface area contributed by atoms with Gasteiger partial charge in [0.1, 0.15) is 0 Å². The Bertz CT molecular complexity index is 1180. The van der Waals surface area contributed by atoms with Gasteiger partial charge in [0.25, 0.3) is 0 Å². The van der Waals surface area contributed by atoms with E-state index in [0.717, 1.165) is 12.6 Å². The third-order valence-electron chi connectivity index (χ3n) is 6.26. The molecule has 164 valence electrons. The molecule has 1 heterocycles. The highest BCUT2D eigenvalue weighted by molar-refractivity contribution is 6.31. The molecule has 1 aromatic heterocycles. The van der Waals surface area contributed by atoms with Crippen molar-refractivity contribution in [2.75, 3.05) is 5.32 Å². The fourth-order valence-electron chi connectivity index (χ4n) is 4.66. The number of benzene rings is 2. The van der Waals surface area contributed by atoms with Crippen LogP contribution in [0, 0.1) is 18.2 Å². The molecule has 0 fully saturated rings. The Balaban J connectivity index is 1.95. The summed E-state index contributed by atoms with van der Waals surface area (Å²) in [7, 11) is 0. The second-order valence-corrected chi connectivity index (χ2v) is 8.85. The van der Waals surface area contributed by atoms with Gasteiger partial charge in [-0.2, -0.15) is 13.2 Å². The van der Waals surface area contributed by atoms with Gasteiger partial charge in [-0.05, 0) is 62.1 Å². The number of nitrogens with zero attached hydrogens (tertiary/aromatic N) is 1. The molecule has 2 N–H and O–H groups in total. The monoisotopic (exact) mass is 452 g/mol. The van der Waals surface area contributed by atoms with E-state index in [2.05, 4.69) is 10.3 Å². The summed E-state index contributed by atoms with van der Waals surface area (Å²) in [6, 6.07) is 8.65. The van der Waals surface area contributed by atoms with Crippen molar-refractivity contribution in [2.24, 2.45) is 5.41 Å². The summed E-state index contributed by atoms with van der Waals surface area (Å²) in [5, 5.41) is 13.7. The predicted octanol–water partition coefficient (Wildman–Crippen LogP) is 7.27. The highest BCUT2D eigenvalue weighted by Gasteiger charge is 2.59. The van der Waals surface area contributed by atoms with E-state index < -0.39 is 40.1 Å². The van der Waals surface area contributed by atoms with Gasteiger partial charge in [0.15, 0.2) is 11.6 Å². The number of anilines is 1. The van der Waals surface area contributed by atoms with Gasteiger partial charge in [-0.25, -0.2) is 4.39 Å². The van der Waals surface area contributed by atoms with Crippen LogP contribution in [0.1, 0.15) is 49.0 Å². The fraction of sp³-hybridized carbons (Fsp3) is 0.348. The minimum absolute atomic E-state index is 0.138. The molecule has 3 atom stereocenters. The molecule has 8 heteroatoms. The molecule has 31 heavy (non-hydrogen) atoms. The molecular formula is C23H21ClF4N2O. The van der Waals surface area contributed by atoms with E-state index in [4.69, 9.17) is 11.6 Å². The third-order valence-corrected chi connectivity index (χ3v) is 6.53. The molecule has 2 aromatic carbocycles. The van der Waals surface area contributed by atoms with Crippen molar-refractivity contribution in [1.29, 1.82) is 0 Å². The van der Waals surface area contributed by atoms with E-state index in [9.17, 15) is 22.7 Å². The van der Waals surface area contributed by atoms with Crippen LogP contribution in [0.4, 0.5) is 23.2 Å². The van der Waals surface area contributed by atoms with Crippen LogP contribution in [0.25, 0.3) is 10.9 Å². The van der Waals surface area contributed by atoms with Gasteiger partial charge in [0.05, 0.1) is 22.0 Å². The Morgan fingerprint density at radius 3 is 2.61 bits per heavy atom. The van der Waals surface area contributed by atoms with Gasteiger partial charge in [0, 0.05) is 22.3 Å². The predicted molar refractivity (Wildman–Crippen MR) is 113 cm³/mol. The molecule has 0 saturated carbocycles. The van der Waals surface area contributed by atoms with Crippen LogP contribution in [0.5, 0.6) is 5.75 Å². The summed E-state index contributed by atoms with van der Waals surface area (Å²) in [5.74, 6) is -2.43. The summed E-state index contributed by atoms with van der Waals surface area (Å²) < 4.78 is 57.4. The highest BCUT2D eigenvalue weighted by atomic mass is 35.5. The number of aromatic hydroxyl groups is 1. The minimum Gasteiger partial charge on any atom is -0.505 e. The lowest BCUT2D eigenvalue weighted by molar-refractivity contribution is -0.230. The van der Waals surface area contributed by atoms with Crippen molar-refractivity contribution < 1.29 is 22.7 Å². The van der Waals surface area contributed by atoms with Crippen LogP contribution in [0.2, 0.25) is 5.02 Å². The van der Waals surface area contributed by atoms with Crippen molar-refractivity contribution in [3.8, 4) is 5.75 Å². The molecule has 0 spiro atoms. The van der Waals surface area contributed by atoms with E-state index in [1.165, 1.54) is 6.07 Å². The molecule has 3 nitrogen and oxygen atoms in total. The molecule has 0 amide bonds. The van der Waals surface area contributed by atoms with Crippen molar-refractivity contribution >= 4 is 28.2 Å². The number of hydrogen-bond acceptors (Lipinski definition) is 3. The molecule has 0 bridgehead atoms. The SMILES string of the molecule is Cc1ccc2c(NC3c4cc(Cl)c(F)c(O)c4[C@H](C)C[C@]3(C)C(F)(F)F)cccc2n1. The summed E-state index contributed by atoms with van der Waals surface area (Å²) in [6.45, 7) is 4.53. The Kier molecular flexibility index (Phi) is 5.08. The molecule has 1 aliphatic rings. The quantitative estimate of drug-likeness (QED) is 0.402. The van der Waals surface area contributed by atoms with Gasteiger partial charge >= 0.3 is 6.18 Å². The number of halogens is 5. The molecule has 1 unspecified atom stereocenters. The number of pyridine rings is 1. The number of phenols is 1. The van der Waals surface area contributed by atoms with Gasteiger partial charge in [-0.3, -0.25) is 4.98 Å². The lowest BCUT2D eigenvalue weighted by Crippen LogP contribution is -2.47. The first-order chi connectivity index (χ1) is 14.4. The summed E-state index contributed by atoms with van der Waals surface area (Å²) in [5.41, 5.74) is -0.00878. The van der Waals surface area contributed by atoms with Crippen molar-refractivity contribution in [3.63, 3.8) is 0 Å². The Hall–Kier alpha value is -2.54. The number of fused-ring (bicyclic) bond motifs is 2. The number of aryl methyl sites for hydroxylation is 1. The first-order valence-electron chi connectivity index (χ1n) is 9.84. The average molecular weight is 453 g/mol. The Labute approximate surface area is 182 Å². The fourth-order valence-corrected chi connectivity index (χ4v) is 4.86. The number of rotatable bonds is 2. The lowest BCUT2D eigenvalue weighted by atomic mass is 9.64. The maximum absolute atomic E-state index is 14.4. The van der Waals surface area contributed by atoms with Crippen LogP contribution >= 0.6 is 11.6 Å². The average Bonchev–Trinajstić information content (AvgIpc) is 2.67. The van der Waals surface area contributed by atoms with Gasteiger partial charge < -0.3 is 10.4 Å². The van der Waals surface area contributed by atoms with Crippen LogP contribution in [-0.4, -0.2) is 16.3 Å². The van der Waals surface area contributed by atoms with E-state index in [1.54, 1.807) is 37.3 Å². The van der Waals surface area contributed by atoms with Gasteiger partial charge in [-0.15, -0.1) is 0 Å². The Morgan fingerprint density at radius 2 is 1.94 bits per heavy atom. The van der Waals surface area contributed by atoms with E-state index in [0.29, 0.717) is 16.6 Å². The van der Waals surface area contributed by atoms with E-state index >= 15 is 0 Å². The van der Waals surface area contributed by atoms with Crippen LogP contribution in [0.15, 0.2) is 36.4 Å². The zero-order valence-corrected chi connectivity index (χ0v) is 17.9. The summed E-state index contributed by atoms with van der Waals surface area (Å²) in [4.78, 5) is 4.44. The van der Waals surface area contributed by atoms with Crippen LogP contribution in [0.3, 0.4) is 0 Å². The zero-order chi connectivity index (χ0) is 22.7. The number of aromatic nitrogens is 1. The maximum Gasteiger partial charge on any atom is 0.396 e. The molecule has 4 rings (SSSR count). The van der Waals surface area contributed by atoms with Crippen LogP contribution in [-0.2, 0) is 0 Å². The largest absolute Gasteiger partial charge is 0.505 e. The zero-order valence-electron chi connectivity index (χ0n) is 17.1. The molecule has 0 aliphatic heterocycles. The summed E-state index contributed by atoms with van der Waals surface area (Å²) >= 11 is 5.93. The first kappa shape index (κ1) is 21.7. The molecule has 3 aromatic rings. The highest BCUT2D eigenvalue weighted by Crippen LogP contribution is 2.60. The Morgan fingerprint density at radius 1 is 1.23 bits per heavy atom. The first-order valence-corrected chi connectivity index (χ1v) is 10.2. The smallest absolute Gasteiger partial charge is 0.396 e. The van der Waals surface area contributed by atoms with Crippen molar-refractivity contribution in [2.45, 2.75) is 45.3 Å². The number of hydrogen-bond donors (Lipinski definition) is 2. The topological polar surface area (TPSA) is 45.1 Å². The van der Waals surface area contributed by atoms with Crippen molar-refractivity contribution in [1.82, 2.24) is 4.98 Å². The maximum atomic E-state index is 14.4. The second kappa shape index (κ2) is 7.26. The third kappa shape index (κ3) is 3.39. The minimum atomic E-state index is -4.56. The van der Waals surface area contributed by atoms with Crippen molar-refractivity contribution in [3.05, 3.63) is 64.1 Å². The standard InChI is InChI=1S/C23H21ClF4N2O/c1-11-10-22(3,23(26,27)28)21(14-9-15(24)19(25)20(31)18(11)14)30-17-6-4-5-16-13(17)8-7-12(2)29-16/h4-9,11,21,30-31H,10H2,1-3H3/t11-,21?,22+/m1/s1. The lowest BCUT2D eigenvalue weighted by Gasteiger charge is -2.46. The summed E-state index contributed by atoms with van der Waals surface area (Å²) in [6.07, 6.45) is -4.88. The second-order valence-electron chi connectivity index (χ2n) is 8.45. The van der Waals surface area contributed by atoms with Gasteiger partial charge in [0.2, 0.25) is 0 Å². The molecule has 0 radical (unpaired) electrons. The van der Waals surface area contributed by atoms with E-state index in [-0.39, 0.29) is 17.5 Å². The molecule has 1 aliphatic carbocycles. The van der Waals surface area contributed by atoms with Crippen LogP contribution < -0.4 is 5.32 Å². The van der Waals surface area contributed by atoms with Gasteiger partial charge in [-0.1, -0.05) is 24.6 Å². The van der Waals surface area contributed by atoms with E-state index in [1.807, 2.05) is 6.92 Å². The molecule has 0 saturated heterocycles. The molecular weight excluding hydrogens is 432 g/mol. The normalized spacial score (nSPS) is 23.6.